The standard InChI is InChI=1S/C21H27N3O2S/c1-7-24-17-9-8-14(10-15(17)13(2)12-21(24,3)4)11-16-18(25)22(5)20(27)23(6)19(16)26/h8-11,13H,7,12H2,1-6H3/t13-/m1/s1. The number of fused-ring (bicyclic) bond motifs is 1. The first kappa shape index (κ1) is 19.5. The van der Waals surface area contributed by atoms with E-state index in [4.69, 9.17) is 12.2 Å². The third kappa shape index (κ3) is 3.16. The molecule has 5 nitrogen and oxygen atoms in total. The van der Waals surface area contributed by atoms with Gasteiger partial charge in [0, 0.05) is 31.9 Å². The van der Waals surface area contributed by atoms with Crippen molar-refractivity contribution in [2.24, 2.45) is 0 Å². The second kappa shape index (κ2) is 6.75. The predicted molar refractivity (Wildman–Crippen MR) is 113 cm³/mol. The molecular formula is C21H27N3O2S. The van der Waals surface area contributed by atoms with Gasteiger partial charge in [0.2, 0.25) is 0 Å². The first-order chi connectivity index (χ1) is 12.6. The van der Waals surface area contributed by atoms with E-state index < -0.39 is 0 Å². The number of thiocarbonyl (C=S) groups is 1. The molecule has 27 heavy (non-hydrogen) atoms. The van der Waals surface area contributed by atoms with Gasteiger partial charge in [0.25, 0.3) is 11.8 Å². The lowest BCUT2D eigenvalue weighted by Gasteiger charge is -2.47. The lowest BCUT2D eigenvalue weighted by Crippen LogP contribution is -2.52. The van der Waals surface area contributed by atoms with E-state index in [1.807, 2.05) is 6.07 Å². The molecule has 0 radical (unpaired) electrons. The van der Waals surface area contributed by atoms with Crippen molar-refractivity contribution >= 4 is 40.9 Å². The van der Waals surface area contributed by atoms with Gasteiger partial charge in [-0.25, -0.2) is 0 Å². The fraction of sp³-hybridized carbons (Fsp3) is 0.476. The minimum atomic E-state index is -0.356. The number of nitrogens with zero attached hydrogens (tertiary/aromatic N) is 3. The van der Waals surface area contributed by atoms with Crippen LogP contribution < -0.4 is 4.90 Å². The van der Waals surface area contributed by atoms with E-state index in [0.717, 1.165) is 18.5 Å². The van der Waals surface area contributed by atoms with Crippen LogP contribution in [0.2, 0.25) is 0 Å². The Morgan fingerprint density at radius 1 is 1.19 bits per heavy atom. The molecule has 1 aromatic rings. The van der Waals surface area contributed by atoms with Gasteiger partial charge < -0.3 is 4.90 Å². The van der Waals surface area contributed by atoms with Crippen LogP contribution in [0.1, 0.15) is 51.2 Å². The molecular weight excluding hydrogens is 358 g/mol. The summed E-state index contributed by atoms with van der Waals surface area (Å²) < 4.78 is 0. The molecule has 0 bridgehead atoms. The molecule has 6 heteroatoms. The molecule has 1 saturated heterocycles. The summed E-state index contributed by atoms with van der Waals surface area (Å²) >= 11 is 5.14. The second-order valence-electron chi connectivity index (χ2n) is 8.05. The van der Waals surface area contributed by atoms with Crippen LogP contribution in [0.5, 0.6) is 0 Å². The van der Waals surface area contributed by atoms with Gasteiger partial charge in [0.1, 0.15) is 5.57 Å². The van der Waals surface area contributed by atoms with Crippen molar-refractivity contribution in [3.05, 3.63) is 34.9 Å². The van der Waals surface area contributed by atoms with Gasteiger partial charge in [-0.2, -0.15) is 0 Å². The predicted octanol–water partition coefficient (Wildman–Crippen LogP) is 3.40. The van der Waals surface area contributed by atoms with Crippen LogP contribution in [0.15, 0.2) is 23.8 Å². The molecule has 0 aliphatic carbocycles. The summed E-state index contributed by atoms with van der Waals surface area (Å²) in [5.41, 5.74) is 3.61. The Kier molecular flexibility index (Phi) is 4.89. The smallest absolute Gasteiger partial charge is 0.265 e. The van der Waals surface area contributed by atoms with Crippen molar-refractivity contribution in [3.8, 4) is 0 Å². The highest BCUT2D eigenvalue weighted by molar-refractivity contribution is 7.80. The average Bonchev–Trinajstić information content (AvgIpc) is 2.62. The van der Waals surface area contributed by atoms with E-state index in [9.17, 15) is 9.59 Å². The van der Waals surface area contributed by atoms with Crippen LogP contribution in [-0.2, 0) is 9.59 Å². The van der Waals surface area contributed by atoms with Gasteiger partial charge in [-0.05, 0) is 74.7 Å². The Bertz CT molecular complexity index is 833. The summed E-state index contributed by atoms with van der Waals surface area (Å²) in [6, 6.07) is 6.20. The zero-order valence-corrected chi connectivity index (χ0v) is 17.7. The summed E-state index contributed by atoms with van der Waals surface area (Å²) in [5.74, 6) is -0.304. The molecule has 1 aromatic carbocycles. The monoisotopic (exact) mass is 385 g/mol. The van der Waals surface area contributed by atoms with E-state index in [-0.39, 0.29) is 28.0 Å². The van der Waals surface area contributed by atoms with Crippen molar-refractivity contribution in [2.75, 3.05) is 25.5 Å². The van der Waals surface area contributed by atoms with E-state index in [1.54, 1.807) is 20.2 Å². The number of likely N-dealkylation sites (N-methyl/N-ethyl adjacent to an activating group) is 2. The normalized spacial score (nSPS) is 22.3. The Hall–Kier alpha value is -2.21. The molecule has 2 heterocycles. The fourth-order valence-electron chi connectivity index (χ4n) is 4.34. The lowest BCUT2D eigenvalue weighted by atomic mass is 9.79. The molecule has 1 atom stereocenters. The zero-order valence-electron chi connectivity index (χ0n) is 16.9. The summed E-state index contributed by atoms with van der Waals surface area (Å²) in [5, 5.41) is 0.224. The van der Waals surface area contributed by atoms with Crippen molar-refractivity contribution < 1.29 is 9.59 Å². The van der Waals surface area contributed by atoms with Gasteiger partial charge in [-0.1, -0.05) is 13.0 Å². The average molecular weight is 386 g/mol. The van der Waals surface area contributed by atoms with Crippen LogP contribution in [0, 0.1) is 0 Å². The minimum absolute atomic E-state index is 0.109. The maximum atomic E-state index is 12.5. The summed E-state index contributed by atoms with van der Waals surface area (Å²) in [6.45, 7) is 9.91. The molecule has 0 saturated carbocycles. The minimum Gasteiger partial charge on any atom is -0.366 e. The van der Waals surface area contributed by atoms with Crippen LogP contribution in [0.3, 0.4) is 0 Å². The molecule has 144 valence electrons. The molecule has 2 aliphatic heterocycles. The van der Waals surface area contributed by atoms with Crippen LogP contribution >= 0.6 is 12.2 Å². The number of benzene rings is 1. The summed E-state index contributed by atoms with van der Waals surface area (Å²) in [4.78, 5) is 30.2. The first-order valence-corrected chi connectivity index (χ1v) is 9.72. The number of carbonyl (C=O) groups is 2. The molecule has 2 aliphatic rings. The molecule has 1 fully saturated rings. The Labute approximate surface area is 166 Å². The Morgan fingerprint density at radius 3 is 2.33 bits per heavy atom. The van der Waals surface area contributed by atoms with Crippen molar-refractivity contribution in [3.63, 3.8) is 0 Å². The Morgan fingerprint density at radius 2 is 1.78 bits per heavy atom. The maximum Gasteiger partial charge on any atom is 0.265 e. The number of carbonyl (C=O) groups excluding carboxylic acids is 2. The number of hydrogen-bond donors (Lipinski definition) is 0. The van der Waals surface area contributed by atoms with Crippen molar-refractivity contribution in [1.82, 2.24) is 9.80 Å². The van der Waals surface area contributed by atoms with E-state index in [0.29, 0.717) is 5.92 Å². The quantitative estimate of drug-likeness (QED) is 0.445. The van der Waals surface area contributed by atoms with Crippen LogP contribution in [-0.4, -0.2) is 52.9 Å². The van der Waals surface area contributed by atoms with Crippen molar-refractivity contribution in [2.45, 2.75) is 45.6 Å². The largest absolute Gasteiger partial charge is 0.366 e. The molecule has 0 spiro atoms. The molecule has 0 N–H and O–H groups in total. The van der Waals surface area contributed by atoms with Crippen LogP contribution in [0.25, 0.3) is 6.08 Å². The summed E-state index contributed by atoms with van der Waals surface area (Å²) in [6.07, 6.45) is 2.74. The van der Waals surface area contributed by atoms with Gasteiger partial charge in [0.15, 0.2) is 5.11 Å². The van der Waals surface area contributed by atoms with E-state index in [1.165, 1.54) is 21.1 Å². The third-order valence-electron chi connectivity index (χ3n) is 5.68. The molecule has 0 aromatic heterocycles. The first-order valence-electron chi connectivity index (χ1n) is 9.31. The highest BCUT2D eigenvalue weighted by Gasteiger charge is 2.37. The fourth-order valence-corrected chi connectivity index (χ4v) is 4.50. The van der Waals surface area contributed by atoms with Gasteiger partial charge in [0.05, 0.1) is 0 Å². The zero-order chi connectivity index (χ0) is 20.1. The number of anilines is 1. The van der Waals surface area contributed by atoms with E-state index >= 15 is 0 Å². The molecule has 3 rings (SSSR count). The maximum absolute atomic E-state index is 12.5. The summed E-state index contributed by atoms with van der Waals surface area (Å²) in [7, 11) is 3.19. The molecule has 2 amide bonds. The van der Waals surface area contributed by atoms with Gasteiger partial charge in [-0.3, -0.25) is 19.4 Å². The third-order valence-corrected chi connectivity index (χ3v) is 6.23. The molecule has 0 unspecified atom stereocenters. The highest BCUT2D eigenvalue weighted by Crippen LogP contribution is 2.43. The van der Waals surface area contributed by atoms with Crippen LogP contribution in [0.4, 0.5) is 5.69 Å². The number of amides is 2. The highest BCUT2D eigenvalue weighted by atomic mass is 32.1. The Balaban J connectivity index is 2.04. The topological polar surface area (TPSA) is 43.9 Å². The second-order valence-corrected chi connectivity index (χ2v) is 8.41. The van der Waals surface area contributed by atoms with Gasteiger partial charge in [-0.15, -0.1) is 0 Å². The SMILES string of the molecule is CCN1c2ccc(C=C3C(=O)N(C)C(=S)N(C)C3=O)cc2[C@H](C)CC1(C)C. The van der Waals surface area contributed by atoms with E-state index in [2.05, 4.69) is 44.7 Å². The van der Waals surface area contributed by atoms with Gasteiger partial charge >= 0.3 is 0 Å². The number of hydrogen-bond acceptors (Lipinski definition) is 4. The number of rotatable bonds is 2. The lowest BCUT2D eigenvalue weighted by molar-refractivity contribution is -0.132. The van der Waals surface area contributed by atoms with Crippen molar-refractivity contribution in [1.29, 1.82) is 0 Å².